The smallest absolute Gasteiger partial charge is 0.164 e. The van der Waals surface area contributed by atoms with Crippen LogP contribution in [0.2, 0.25) is 10.2 Å². The van der Waals surface area contributed by atoms with Crippen molar-refractivity contribution in [2.45, 2.75) is 0 Å². The fraction of sp³-hybridized carbons (Fsp3) is 0.0667. The van der Waals surface area contributed by atoms with E-state index in [1.807, 2.05) is 0 Å². The molecule has 3 rings (SSSR count). The molecule has 0 saturated heterocycles. The van der Waals surface area contributed by atoms with Gasteiger partial charge in [-0.3, -0.25) is 0 Å². The van der Waals surface area contributed by atoms with Crippen LogP contribution in [0, 0.1) is 5.82 Å². The third-order valence-corrected chi connectivity index (χ3v) is 3.63. The third-order valence-electron chi connectivity index (χ3n) is 3.05. The maximum atomic E-state index is 14.1. The van der Waals surface area contributed by atoms with Crippen LogP contribution in [0.4, 0.5) is 4.39 Å². The molecule has 1 heterocycles. The zero-order chi connectivity index (χ0) is 15.0. The first-order chi connectivity index (χ1) is 10.1. The topological polar surface area (TPSA) is 35.0 Å². The van der Waals surface area contributed by atoms with Gasteiger partial charge < -0.3 is 4.74 Å². The van der Waals surface area contributed by atoms with Gasteiger partial charge in [-0.25, -0.2) is 14.4 Å². The molecule has 0 aliphatic carbocycles. The van der Waals surface area contributed by atoms with Gasteiger partial charge in [0.05, 0.1) is 23.2 Å². The molecule has 3 nitrogen and oxygen atoms in total. The molecule has 6 heteroatoms. The summed E-state index contributed by atoms with van der Waals surface area (Å²) in [6.45, 7) is 0. The predicted octanol–water partition coefficient (Wildman–Crippen LogP) is 4.75. The largest absolute Gasteiger partial charge is 0.497 e. The Morgan fingerprint density at radius 1 is 1.10 bits per heavy atom. The van der Waals surface area contributed by atoms with Gasteiger partial charge in [-0.2, -0.15) is 0 Å². The average Bonchev–Trinajstić information content (AvgIpc) is 2.49. The van der Waals surface area contributed by atoms with E-state index in [1.165, 1.54) is 6.07 Å². The number of ether oxygens (including phenoxy) is 1. The molecule has 0 unspecified atom stereocenters. The van der Waals surface area contributed by atoms with Crippen molar-refractivity contribution in [3.8, 4) is 17.1 Å². The lowest BCUT2D eigenvalue weighted by Gasteiger charge is -2.07. The first-order valence-electron chi connectivity index (χ1n) is 6.06. The number of aromatic nitrogens is 2. The molecule has 0 aliphatic rings. The number of hydrogen-bond donors (Lipinski definition) is 0. The minimum absolute atomic E-state index is 0.0158. The second kappa shape index (κ2) is 5.47. The summed E-state index contributed by atoms with van der Waals surface area (Å²) in [5, 5.41) is 0.887. The third kappa shape index (κ3) is 2.52. The molecule has 0 aliphatic heterocycles. The maximum absolute atomic E-state index is 14.1. The van der Waals surface area contributed by atoms with E-state index in [2.05, 4.69) is 9.97 Å². The summed E-state index contributed by atoms with van der Waals surface area (Å²) in [4.78, 5) is 8.48. The van der Waals surface area contributed by atoms with E-state index in [9.17, 15) is 4.39 Å². The van der Waals surface area contributed by atoms with Gasteiger partial charge in [0.15, 0.2) is 11.6 Å². The van der Waals surface area contributed by atoms with Crippen LogP contribution >= 0.6 is 23.2 Å². The standard InChI is InChI=1S/C15H9Cl2FN2O/c1-21-8-5-6-12-10(7-8)14(17)20-15(19-12)9-3-2-4-11(16)13(9)18/h2-7H,1H3. The van der Waals surface area contributed by atoms with Gasteiger partial charge in [0.1, 0.15) is 10.9 Å². The quantitative estimate of drug-likeness (QED) is 0.638. The summed E-state index contributed by atoms with van der Waals surface area (Å²) in [5.74, 6) is 0.274. The van der Waals surface area contributed by atoms with E-state index in [0.29, 0.717) is 16.7 Å². The number of rotatable bonds is 2. The van der Waals surface area contributed by atoms with Crippen LogP contribution in [0.1, 0.15) is 0 Å². The Kier molecular flexibility index (Phi) is 3.66. The fourth-order valence-corrected chi connectivity index (χ4v) is 2.40. The van der Waals surface area contributed by atoms with Crippen molar-refractivity contribution in [2.24, 2.45) is 0 Å². The number of fused-ring (bicyclic) bond motifs is 1. The van der Waals surface area contributed by atoms with Crippen LogP contribution in [0.15, 0.2) is 36.4 Å². The van der Waals surface area contributed by atoms with E-state index in [0.717, 1.165) is 0 Å². The Bertz CT molecular complexity index is 839. The second-order valence-corrected chi connectivity index (χ2v) is 5.09. The molecule has 0 bridgehead atoms. The molecule has 2 aromatic carbocycles. The molecule has 0 spiro atoms. The highest BCUT2D eigenvalue weighted by molar-refractivity contribution is 6.34. The van der Waals surface area contributed by atoms with Crippen LogP contribution in [0.5, 0.6) is 5.75 Å². The Balaban J connectivity index is 2.23. The van der Waals surface area contributed by atoms with E-state index in [1.54, 1.807) is 37.4 Å². The monoisotopic (exact) mass is 322 g/mol. The van der Waals surface area contributed by atoms with Crippen molar-refractivity contribution in [1.29, 1.82) is 0 Å². The van der Waals surface area contributed by atoms with Crippen LogP contribution in [0.25, 0.3) is 22.3 Å². The summed E-state index contributed by atoms with van der Waals surface area (Å²) in [6.07, 6.45) is 0. The molecular formula is C15H9Cl2FN2O. The Morgan fingerprint density at radius 3 is 2.67 bits per heavy atom. The second-order valence-electron chi connectivity index (χ2n) is 4.32. The van der Waals surface area contributed by atoms with E-state index in [4.69, 9.17) is 27.9 Å². The Hall–Kier alpha value is -1.91. The molecule has 0 amide bonds. The molecular weight excluding hydrogens is 314 g/mol. The van der Waals surface area contributed by atoms with E-state index >= 15 is 0 Å². The highest BCUT2D eigenvalue weighted by atomic mass is 35.5. The zero-order valence-corrected chi connectivity index (χ0v) is 12.4. The summed E-state index contributed by atoms with van der Waals surface area (Å²) in [6, 6.07) is 9.89. The summed E-state index contributed by atoms with van der Waals surface area (Å²) < 4.78 is 19.2. The van der Waals surface area contributed by atoms with Crippen molar-refractivity contribution in [3.63, 3.8) is 0 Å². The molecule has 1 aromatic heterocycles. The number of halogens is 3. The van der Waals surface area contributed by atoms with Crippen molar-refractivity contribution in [3.05, 3.63) is 52.4 Å². The highest BCUT2D eigenvalue weighted by Gasteiger charge is 2.14. The Labute approximate surface area is 130 Å². The Morgan fingerprint density at radius 2 is 1.90 bits per heavy atom. The van der Waals surface area contributed by atoms with Gasteiger partial charge in [0.25, 0.3) is 0 Å². The molecule has 0 fully saturated rings. The lowest BCUT2D eigenvalue weighted by Crippen LogP contribution is -1.95. The van der Waals surface area contributed by atoms with Crippen LogP contribution in [0.3, 0.4) is 0 Å². The minimum atomic E-state index is -0.567. The number of nitrogens with zero attached hydrogens (tertiary/aromatic N) is 2. The number of hydrogen-bond acceptors (Lipinski definition) is 3. The first kappa shape index (κ1) is 14.0. The van der Waals surface area contributed by atoms with E-state index < -0.39 is 5.82 Å². The minimum Gasteiger partial charge on any atom is -0.497 e. The highest BCUT2D eigenvalue weighted by Crippen LogP contribution is 2.30. The average molecular weight is 323 g/mol. The van der Waals surface area contributed by atoms with Crippen molar-refractivity contribution in [2.75, 3.05) is 7.11 Å². The lowest BCUT2D eigenvalue weighted by atomic mass is 10.2. The van der Waals surface area contributed by atoms with Gasteiger partial charge in [-0.1, -0.05) is 29.3 Å². The molecule has 21 heavy (non-hydrogen) atoms. The molecule has 0 radical (unpaired) electrons. The summed E-state index contributed by atoms with van der Waals surface area (Å²) >= 11 is 12.0. The SMILES string of the molecule is COc1ccc2nc(-c3cccc(Cl)c3F)nc(Cl)c2c1. The normalized spacial score (nSPS) is 10.9. The van der Waals surface area contributed by atoms with Crippen molar-refractivity contribution in [1.82, 2.24) is 9.97 Å². The number of benzene rings is 2. The zero-order valence-electron chi connectivity index (χ0n) is 10.9. The van der Waals surface area contributed by atoms with Crippen LogP contribution < -0.4 is 4.74 Å². The van der Waals surface area contributed by atoms with Gasteiger partial charge in [-0.15, -0.1) is 0 Å². The number of methoxy groups -OCH3 is 1. The van der Waals surface area contributed by atoms with E-state index in [-0.39, 0.29) is 21.6 Å². The molecule has 0 saturated carbocycles. The predicted molar refractivity (Wildman–Crippen MR) is 81.5 cm³/mol. The van der Waals surface area contributed by atoms with Gasteiger partial charge in [0, 0.05) is 5.39 Å². The van der Waals surface area contributed by atoms with Crippen molar-refractivity contribution >= 4 is 34.1 Å². The molecule has 106 valence electrons. The molecule has 0 atom stereocenters. The molecule has 0 N–H and O–H groups in total. The summed E-state index contributed by atoms with van der Waals surface area (Å²) in [5.41, 5.74) is 0.812. The fourth-order valence-electron chi connectivity index (χ4n) is 1.99. The first-order valence-corrected chi connectivity index (χ1v) is 6.81. The van der Waals surface area contributed by atoms with Gasteiger partial charge >= 0.3 is 0 Å². The van der Waals surface area contributed by atoms with Gasteiger partial charge in [0.2, 0.25) is 0 Å². The van der Waals surface area contributed by atoms with Crippen molar-refractivity contribution < 1.29 is 9.13 Å². The summed E-state index contributed by atoms with van der Waals surface area (Å²) in [7, 11) is 1.56. The van der Waals surface area contributed by atoms with Crippen LogP contribution in [-0.4, -0.2) is 17.1 Å². The van der Waals surface area contributed by atoms with Crippen LogP contribution in [-0.2, 0) is 0 Å². The maximum Gasteiger partial charge on any atom is 0.164 e. The lowest BCUT2D eigenvalue weighted by molar-refractivity contribution is 0.415. The van der Waals surface area contributed by atoms with Gasteiger partial charge in [-0.05, 0) is 30.3 Å². The molecule has 3 aromatic rings.